The molecular formula is C16H28N2O2. The van der Waals surface area contributed by atoms with E-state index in [-0.39, 0.29) is 23.9 Å². The van der Waals surface area contributed by atoms with E-state index in [2.05, 4.69) is 10.2 Å². The molecule has 2 aliphatic heterocycles. The summed E-state index contributed by atoms with van der Waals surface area (Å²) in [5, 5.41) is 13.1. The highest BCUT2D eigenvalue weighted by Crippen LogP contribution is 2.44. The summed E-state index contributed by atoms with van der Waals surface area (Å²) in [7, 11) is 0. The van der Waals surface area contributed by atoms with Crippen LogP contribution in [0.3, 0.4) is 0 Å². The Morgan fingerprint density at radius 2 is 1.90 bits per heavy atom. The van der Waals surface area contributed by atoms with Crippen LogP contribution in [0.5, 0.6) is 0 Å². The molecule has 20 heavy (non-hydrogen) atoms. The van der Waals surface area contributed by atoms with Crippen LogP contribution in [0.4, 0.5) is 0 Å². The van der Waals surface area contributed by atoms with Gasteiger partial charge >= 0.3 is 0 Å². The predicted octanol–water partition coefficient (Wildman–Crippen LogP) is 1.39. The van der Waals surface area contributed by atoms with Crippen molar-refractivity contribution in [3.63, 3.8) is 0 Å². The molecule has 0 aromatic carbocycles. The molecule has 1 saturated carbocycles. The summed E-state index contributed by atoms with van der Waals surface area (Å²) in [4.78, 5) is 14.8. The maximum Gasteiger partial charge on any atom is 0.225 e. The molecule has 3 aliphatic rings. The van der Waals surface area contributed by atoms with Crippen LogP contribution >= 0.6 is 0 Å². The lowest BCUT2D eigenvalue weighted by atomic mass is 9.71. The lowest BCUT2D eigenvalue weighted by Gasteiger charge is -2.37. The van der Waals surface area contributed by atoms with Crippen LogP contribution < -0.4 is 5.32 Å². The van der Waals surface area contributed by atoms with Gasteiger partial charge in [-0.3, -0.25) is 4.79 Å². The quantitative estimate of drug-likeness (QED) is 0.803. The fourth-order valence-corrected chi connectivity index (χ4v) is 4.55. The molecule has 3 rings (SSSR count). The van der Waals surface area contributed by atoms with Crippen LogP contribution in [0.1, 0.15) is 44.9 Å². The number of likely N-dealkylation sites (tertiary alicyclic amines) is 1. The Bertz CT molecular complexity index is 346. The zero-order chi connectivity index (χ0) is 14.0. The lowest BCUT2D eigenvalue weighted by Crippen LogP contribution is -2.43. The normalized spacial score (nSPS) is 30.9. The predicted molar refractivity (Wildman–Crippen MR) is 78.3 cm³/mol. The van der Waals surface area contributed by atoms with Gasteiger partial charge < -0.3 is 15.3 Å². The average molecular weight is 280 g/mol. The molecule has 1 atom stereocenters. The fourth-order valence-electron chi connectivity index (χ4n) is 4.55. The highest BCUT2D eigenvalue weighted by atomic mass is 16.3. The molecule has 0 aromatic heterocycles. The van der Waals surface area contributed by atoms with E-state index in [4.69, 9.17) is 0 Å². The first kappa shape index (κ1) is 14.3. The van der Waals surface area contributed by atoms with Gasteiger partial charge in [-0.2, -0.15) is 0 Å². The Balaban J connectivity index is 1.67. The molecule has 1 unspecified atom stereocenters. The summed E-state index contributed by atoms with van der Waals surface area (Å²) in [5.74, 6) is 0.927. The van der Waals surface area contributed by atoms with Gasteiger partial charge in [-0.15, -0.1) is 0 Å². The van der Waals surface area contributed by atoms with Crippen molar-refractivity contribution in [2.75, 3.05) is 32.8 Å². The molecule has 3 fully saturated rings. The first-order chi connectivity index (χ1) is 9.75. The van der Waals surface area contributed by atoms with Crippen molar-refractivity contribution in [3.8, 4) is 0 Å². The third kappa shape index (κ3) is 2.60. The fraction of sp³-hybridized carbons (Fsp3) is 0.938. The van der Waals surface area contributed by atoms with Gasteiger partial charge in [0, 0.05) is 31.5 Å². The van der Waals surface area contributed by atoms with Gasteiger partial charge in [0.15, 0.2) is 0 Å². The number of carbonyl (C=O) groups excluding carboxylic acids is 1. The summed E-state index contributed by atoms with van der Waals surface area (Å²) in [6, 6.07) is 0. The molecule has 2 saturated heterocycles. The van der Waals surface area contributed by atoms with Crippen LogP contribution in [0, 0.1) is 17.3 Å². The van der Waals surface area contributed by atoms with E-state index in [9.17, 15) is 9.90 Å². The van der Waals surface area contributed by atoms with E-state index in [0.29, 0.717) is 5.91 Å². The first-order valence-electron chi connectivity index (χ1n) is 8.35. The maximum absolute atomic E-state index is 12.7. The SMILES string of the molecule is O=C(C1CCCCC1)N1CC(CO)C2(CCNCC2)C1. The zero-order valence-electron chi connectivity index (χ0n) is 12.4. The minimum atomic E-state index is 0.185. The molecule has 0 radical (unpaired) electrons. The number of aliphatic hydroxyl groups excluding tert-OH is 1. The molecule has 2 heterocycles. The van der Waals surface area contributed by atoms with E-state index in [1.807, 2.05) is 0 Å². The summed E-state index contributed by atoms with van der Waals surface area (Å²) >= 11 is 0. The number of hydrogen-bond acceptors (Lipinski definition) is 3. The standard InChI is InChI=1S/C16H28N2O2/c19-11-14-10-18(12-16(14)6-8-17-9-7-16)15(20)13-4-2-1-3-5-13/h13-14,17,19H,1-12H2. The number of nitrogens with one attached hydrogen (secondary N) is 1. The second kappa shape index (κ2) is 6.02. The molecule has 4 heteroatoms. The van der Waals surface area contributed by atoms with Crippen LogP contribution in [-0.2, 0) is 4.79 Å². The third-order valence-corrected chi connectivity index (χ3v) is 5.90. The van der Waals surface area contributed by atoms with Gasteiger partial charge in [-0.05, 0) is 44.2 Å². The Morgan fingerprint density at radius 1 is 1.20 bits per heavy atom. The van der Waals surface area contributed by atoms with Crippen molar-refractivity contribution >= 4 is 5.91 Å². The number of aliphatic hydroxyl groups is 1. The number of amides is 1. The van der Waals surface area contributed by atoms with Gasteiger partial charge in [0.05, 0.1) is 0 Å². The van der Waals surface area contributed by atoms with E-state index < -0.39 is 0 Å². The van der Waals surface area contributed by atoms with E-state index >= 15 is 0 Å². The van der Waals surface area contributed by atoms with Gasteiger partial charge in [-0.1, -0.05) is 19.3 Å². The number of rotatable bonds is 2. The largest absolute Gasteiger partial charge is 0.396 e. The highest BCUT2D eigenvalue weighted by Gasteiger charge is 2.48. The Morgan fingerprint density at radius 3 is 2.55 bits per heavy atom. The molecule has 2 N–H and O–H groups in total. The smallest absolute Gasteiger partial charge is 0.225 e. The number of carbonyl (C=O) groups is 1. The number of hydrogen-bond donors (Lipinski definition) is 2. The Kier molecular flexibility index (Phi) is 4.32. The van der Waals surface area contributed by atoms with Gasteiger partial charge in [-0.25, -0.2) is 0 Å². The zero-order valence-corrected chi connectivity index (χ0v) is 12.4. The molecule has 0 aromatic rings. The second-order valence-electron chi connectivity index (χ2n) is 7.05. The number of piperidine rings is 1. The average Bonchev–Trinajstić information content (AvgIpc) is 2.86. The first-order valence-corrected chi connectivity index (χ1v) is 8.35. The molecule has 0 bridgehead atoms. The van der Waals surface area contributed by atoms with Crippen LogP contribution in [0.2, 0.25) is 0 Å². The Labute approximate surface area is 121 Å². The van der Waals surface area contributed by atoms with Gasteiger partial charge in [0.25, 0.3) is 0 Å². The number of nitrogens with zero attached hydrogens (tertiary/aromatic N) is 1. The van der Waals surface area contributed by atoms with Crippen LogP contribution in [-0.4, -0.2) is 48.7 Å². The second-order valence-corrected chi connectivity index (χ2v) is 7.05. The summed E-state index contributed by atoms with van der Waals surface area (Å²) in [6.45, 7) is 3.96. The molecule has 1 amide bonds. The molecule has 4 nitrogen and oxygen atoms in total. The third-order valence-electron chi connectivity index (χ3n) is 5.90. The van der Waals surface area contributed by atoms with Crippen molar-refractivity contribution in [1.29, 1.82) is 0 Å². The van der Waals surface area contributed by atoms with Crippen molar-refractivity contribution in [1.82, 2.24) is 10.2 Å². The lowest BCUT2D eigenvalue weighted by molar-refractivity contribution is -0.136. The highest BCUT2D eigenvalue weighted by molar-refractivity contribution is 5.79. The van der Waals surface area contributed by atoms with Crippen molar-refractivity contribution in [2.24, 2.45) is 17.3 Å². The van der Waals surface area contributed by atoms with Gasteiger partial charge in [0.2, 0.25) is 5.91 Å². The maximum atomic E-state index is 12.7. The van der Waals surface area contributed by atoms with Crippen LogP contribution in [0.15, 0.2) is 0 Å². The molecular weight excluding hydrogens is 252 g/mol. The minimum Gasteiger partial charge on any atom is -0.396 e. The summed E-state index contributed by atoms with van der Waals surface area (Å²) in [5.41, 5.74) is 0.185. The van der Waals surface area contributed by atoms with E-state index in [1.54, 1.807) is 0 Å². The topological polar surface area (TPSA) is 52.6 Å². The van der Waals surface area contributed by atoms with Crippen molar-refractivity contribution in [3.05, 3.63) is 0 Å². The van der Waals surface area contributed by atoms with E-state index in [1.165, 1.54) is 19.3 Å². The summed E-state index contributed by atoms with van der Waals surface area (Å²) < 4.78 is 0. The van der Waals surface area contributed by atoms with E-state index in [0.717, 1.165) is 51.9 Å². The van der Waals surface area contributed by atoms with Gasteiger partial charge in [0.1, 0.15) is 0 Å². The Hall–Kier alpha value is -0.610. The molecule has 114 valence electrons. The molecule has 1 aliphatic carbocycles. The molecule has 1 spiro atoms. The monoisotopic (exact) mass is 280 g/mol. The van der Waals surface area contributed by atoms with Crippen molar-refractivity contribution < 1.29 is 9.90 Å². The van der Waals surface area contributed by atoms with Crippen LogP contribution in [0.25, 0.3) is 0 Å². The minimum absolute atomic E-state index is 0.185. The van der Waals surface area contributed by atoms with Crippen molar-refractivity contribution in [2.45, 2.75) is 44.9 Å². The summed E-state index contributed by atoms with van der Waals surface area (Å²) in [6.07, 6.45) is 8.07.